The molecule has 0 heterocycles. The van der Waals surface area contributed by atoms with Gasteiger partial charge in [-0.25, -0.2) is 4.21 Å². The smallest absolute Gasteiger partial charge is 0.120 e. The highest BCUT2D eigenvalue weighted by Crippen LogP contribution is 2.13. The van der Waals surface area contributed by atoms with Gasteiger partial charge in [0, 0.05) is 0 Å². The van der Waals surface area contributed by atoms with Crippen molar-refractivity contribution in [3.63, 3.8) is 0 Å². The first-order valence-electron chi connectivity index (χ1n) is 2.03. The average molecular weight is 141 g/mol. The number of hydrogen-bond donors (Lipinski definition) is 0. The maximum atomic E-state index is 10.3. The van der Waals surface area contributed by atoms with Crippen molar-refractivity contribution in [3.05, 3.63) is 0 Å². The Bertz CT molecular complexity index is 84.2. The van der Waals surface area contributed by atoms with Gasteiger partial charge in [0.2, 0.25) is 0 Å². The highest BCUT2D eigenvalue weighted by Gasteiger charge is 2.15. The van der Waals surface area contributed by atoms with Crippen LogP contribution in [0.15, 0.2) is 0 Å². The van der Waals surface area contributed by atoms with Crippen LogP contribution in [0, 0.1) is 0 Å². The van der Waals surface area contributed by atoms with E-state index in [-0.39, 0.29) is 4.75 Å². The van der Waals surface area contributed by atoms with E-state index in [9.17, 15) is 4.21 Å². The summed E-state index contributed by atoms with van der Waals surface area (Å²) in [5, 5.41) is 0. The molecular formula is C4H9ClOS. The van der Waals surface area contributed by atoms with E-state index >= 15 is 0 Å². The van der Waals surface area contributed by atoms with Gasteiger partial charge < -0.3 is 0 Å². The van der Waals surface area contributed by atoms with Crippen molar-refractivity contribution in [2.45, 2.75) is 25.5 Å². The lowest BCUT2D eigenvalue weighted by Crippen LogP contribution is -2.16. The third-order valence-electron chi connectivity index (χ3n) is 0.481. The molecule has 0 bridgehead atoms. The van der Waals surface area contributed by atoms with Gasteiger partial charge in [-0.05, 0) is 31.5 Å². The molecule has 0 rings (SSSR count). The lowest BCUT2D eigenvalue weighted by Gasteiger charge is -2.09. The molecule has 0 aromatic rings. The predicted molar refractivity (Wildman–Crippen MR) is 33.7 cm³/mol. The molecule has 0 N–H and O–H groups in total. The topological polar surface area (TPSA) is 17.1 Å². The number of hydrogen-bond acceptors (Lipinski definition) is 1. The number of halogens is 1. The van der Waals surface area contributed by atoms with Crippen LogP contribution in [0.4, 0.5) is 0 Å². The quantitative estimate of drug-likeness (QED) is 0.468. The normalized spacial score (nSPS) is 16.6. The molecule has 0 amide bonds. The molecule has 0 aromatic heterocycles. The lowest BCUT2D eigenvalue weighted by molar-refractivity contribution is 0.660. The highest BCUT2D eigenvalue weighted by atomic mass is 35.7. The molecule has 7 heavy (non-hydrogen) atoms. The Labute approximate surface area is 51.0 Å². The summed E-state index contributed by atoms with van der Waals surface area (Å²) in [7, 11) is 4.02. The van der Waals surface area contributed by atoms with Crippen molar-refractivity contribution < 1.29 is 4.21 Å². The number of rotatable bonds is 0. The van der Waals surface area contributed by atoms with Crippen LogP contribution in [0.3, 0.4) is 0 Å². The van der Waals surface area contributed by atoms with Crippen molar-refractivity contribution in [2.75, 3.05) is 0 Å². The second-order valence-electron chi connectivity index (χ2n) is 2.34. The zero-order valence-corrected chi connectivity index (χ0v) is 6.27. The minimum absolute atomic E-state index is 0.262. The fourth-order valence-electron chi connectivity index (χ4n) is 0. The fraction of sp³-hybridized carbons (Fsp3) is 1.00. The largest absolute Gasteiger partial charge is 0.242 e. The summed E-state index contributed by atoms with van der Waals surface area (Å²) in [5.41, 5.74) is 0. The van der Waals surface area contributed by atoms with Crippen molar-refractivity contribution >= 4 is 20.7 Å². The molecule has 1 atom stereocenters. The van der Waals surface area contributed by atoms with Crippen molar-refractivity contribution in [1.82, 2.24) is 0 Å². The van der Waals surface area contributed by atoms with Gasteiger partial charge in [0.05, 0.1) is 4.75 Å². The van der Waals surface area contributed by atoms with Gasteiger partial charge in [0.25, 0.3) is 0 Å². The van der Waals surface area contributed by atoms with E-state index in [4.69, 9.17) is 10.7 Å². The summed E-state index contributed by atoms with van der Waals surface area (Å²) in [6.45, 7) is 5.49. The average Bonchev–Trinajstić information content (AvgIpc) is 1.31. The lowest BCUT2D eigenvalue weighted by atomic mass is 10.3. The Morgan fingerprint density at radius 3 is 1.57 bits per heavy atom. The molecular weight excluding hydrogens is 132 g/mol. The minimum Gasteiger partial charge on any atom is -0.242 e. The third-order valence-corrected chi connectivity index (χ3v) is 2.83. The van der Waals surface area contributed by atoms with E-state index in [1.54, 1.807) is 0 Å². The standard InChI is InChI=1S/C4H9ClOS/c1-4(2,3)7(5)6/h1-3H3/t7-/m1/s1. The van der Waals surface area contributed by atoms with Crippen molar-refractivity contribution in [3.8, 4) is 0 Å². The predicted octanol–water partition coefficient (Wildman–Crippen LogP) is 1.69. The molecule has 0 radical (unpaired) electrons. The zero-order chi connectivity index (χ0) is 6.08. The molecule has 44 valence electrons. The Balaban J connectivity index is 3.79. The van der Waals surface area contributed by atoms with Gasteiger partial charge in [-0.3, -0.25) is 0 Å². The molecule has 3 heteroatoms. The monoisotopic (exact) mass is 140 g/mol. The summed E-state index contributed by atoms with van der Waals surface area (Å²) in [5.74, 6) is 0. The minimum atomic E-state index is -1.21. The summed E-state index contributed by atoms with van der Waals surface area (Å²) in [6.07, 6.45) is 0. The SMILES string of the molecule is CC(C)(C)[S@@](=O)Cl. The highest BCUT2D eigenvalue weighted by molar-refractivity contribution is 8.09. The molecule has 0 aromatic carbocycles. The van der Waals surface area contributed by atoms with Gasteiger partial charge in [0.1, 0.15) is 10.0 Å². The molecule has 0 saturated heterocycles. The van der Waals surface area contributed by atoms with Crippen LogP contribution in [-0.2, 0) is 10.0 Å². The first-order chi connectivity index (χ1) is 2.94. The van der Waals surface area contributed by atoms with Crippen LogP contribution in [0.2, 0.25) is 0 Å². The van der Waals surface area contributed by atoms with Gasteiger partial charge in [0.15, 0.2) is 0 Å². The molecule has 0 spiro atoms. The molecule has 0 aliphatic heterocycles. The van der Waals surface area contributed by atoms with Crippen molar-refractivity contribution in [2.24, 2.45) is 0 Å². The van der Waals surface area contributed by atoms with E-state index < -0.39 is 10.0 Å². The van der Waals surface area contributed by atoms with Crippen LogP contribution < -0.4 is 0 Å². The van der Waals surface area contributed by atoms with Crippen LogP contribution in [0.5, 0.6) is 0 Å². The molecule has 0 aliphatic rings. The Morgan fingerprint density at radius 1 is 1.43 bits per heavy atom. The van der Waals surface area contributed by atoms with Crippen LogP contribution in [0.1, 0.15) is 20.8 Å². The van der Waals surface area contributed by atoms with E-state index in [2.05, 4.69) is 0 Å². The second-order valence-corrected chi connectivity index (χ2v) is 4.85. The Kier molecular flexibility index (Phi) is 2.27. The maximum Gasteiger partial charge on any atom is 0.120 e. The van der Waals surface area contributed by atoms with E-state index in [0.717, 1.165) is 0 Å². The summed E-state index contributed by atoms with van der Waals surface area (Å²) in [6, 6.07) is 0. The second kappa shape index (κ2) is 2.14. The fourth-order valence-corrected chi connectivity index (χ4v) is 0. The maximum absolute atomic E-state index is 10.3. The third kappa shape index (κ3) is 3.06. The molecule has 1 nitrogen and oxygen atoms in total. The van der Waals surface area contributed by atoms with Crippen molar-refractivity contribution in [1.29, 1.82) is 0 Å². The van der Waals surface area contributed by atoms with E-state index in [0.29, 0.717) is 0 Å². The van der Waals surface area contributed by atoms with E-state index in [1.807, 2.05) is 20.8 Å². The molecule has 0 aliphatic carbocycles. The first-order valence-corrected chi connectivity index (χ1v) is 4.00. The first kappa shape index (κ1) is 7.44. The summed E-state index contributed by atoms with van der Waals surface area (Å²) < 4.78 is 10.1. The van der Waals surface area contributed by atoms with E-state index in [1.165, 1.54) is 0 Å². The van der Waals surface area contributed by atoms with Gasteiger partial charge >= 0.3 is 0 Å². The van der Waals surface area contributed by atoms with Gasteiger partial charge in [-0.15, -0.1) is 0 Å². The molecule has 0 unspecified atom stereocenters. The Morgan fingerprint density at radius 2 is 1.57 bits per heavy atom. The summed E-state index contributed by atoms with van der Waals surface area (Å²) in [4.78, 5) is 0. The van der Waals surface area contributed by atoms with Crippen LogP contribution in [-0.4, -0.2) is 8.96 Å². The van der Waals surface area contributed by atoms with Gasteiger partial charge in [-0.1, -0.05) is 0 Å². The Hall–Kier alpha value is 0.440. The van der Waals surface area contributed by atoms with Gasteiger partial charge in [-0.2, -0.15) is 0 Å². The molecule has 0 saturated carbocycles. The molecule has 0 fully saturated rings. The summed E-state index contributed by atoms with van der Waals surface area (Å²) >= 11 is 0. The van der Waals surface area contributed by atoms with Crippen LogP contribution >= 0.6 is 10.7 Å². The van der Waals surface area contributed by atoms with Crippen LogP contribution in [0.25, 0.3) is 0 Å². The zero-order valence-electron chi connectivity index (χ0n) is 4.69.